The number of benzene rings is 1. The molecule has 1 rings (SSSR count). The zero-order chi connectivity index (χ0) is 11.1. The molecular formula is C12H18ClNO. The third kappa shape index (κ3) is 5.17. The summed E-state index contributed by atoms with van der Waals surface area (Å²) in [6.45, 7) is 3.46. The van der Waals surface area contributed by atoms with Gasteiger partial charge in [0.1, 0.15) is 0 Å². The number of hydrogen-bond donors (Lipinski definition) is 2. The van der Waals surface area contributed by atoms with Gasteiger partial charge in [0.15, 0.2) is 0 Å². The van der Waals surface area contributed by atoms with Crippen LogP contribution in [0.15, 0.2) is 24.3 Å². The molecule has 0 aliphatic heterocycles. The highest BCUT2D eigenvalue weighted by Crippen LogP contribution is 2.10. The van der Waals surface area contributed by atoms with Crippen molar-refractivity contribution in [3.63, 3.8) is 0 Å². The second-order valence-electron chi connectivity index (χ2n) is 3.70. The monoisotopic (exact) mass is 227 g/mol. The van der Waals surface area contributed by atoms with Crippen molar-refractivity contribution in [1.29, 1.82) is 0 Å². The maximum absolute atomic E-state index is 9.49. The third-order valence-corrected chi connectivity index (χ3v) is 2.46. The van der Waals surface area contributed by atoms with Gasteiger partial charge >= 0.3 is 0 Å². The van der Waals surface area contributed by atoms with Gasteiger partial charge in [0, 0.05) is 18.1 Å². The van der Waals surface area contributed by atoms with Crippen molar-refractivity contribution in [2.24, 2.45) is 0 Å². The number of hydrogen-bond acceptors (Lipinski definition) is 2. The second kappa shape index (κ2) is 6.83. The molecule has 0 spiro atoms. The summed E-state index contributed by atoms with van der Waals surface area (Å²) in [4.78, 5) is 0. The lowest BCUT2D eigenvalue weighted by Gasteiger charge is -2.10. The Morgan fingerprint density at radius 3 is 2.93 bits per heavy atom. The first-order chi connectivity index (χ1) is 7.22. The molecule has 0 unspecified atom stereocenters. The fraction of sp³-hybridized carbons (Fsp3) is 0.500. The van der Waals surface area contributed by atoms with Gasteiger partial charge in [-0.2, -0.15) is 0 Å². The Morgan fingerprint density at radius 2 is 2.27 bits per heavy atom. The maximum Gasteiger partial charge on any atom is 0.0664 e. The Kier molecular flexibility index (Phi) is 5.69. The molecule has 1 atom stereocenters. The van der Waals surface area contributed by atoms with Gasteiger partial charge in [0.25, 0.3) is 0 Å². The molecule has 2 N–H and O–H groups in total. The molecule has 1 aromatic carbocycles. The van der Waals surface area contributed by atoms with Crippen LogP contribution in [0.25, 0.3) is 0 Å². The highest BCUT2D eigenvalue weighted by atomic mass is 35.5. The van der Waals surface area contributed by atoms with E-state index in [1.807, 2.05) is 24.3 Å². The van der Waals surface area contributed by atoms with Gasteiger partial charge in [-0.25, -0.2) is 0 Å². The van der Waals surface area contributed by atoms with Crippen LogP contribution in [0.2, 0.25) is 5.02 Å². The molecule has 15 heavy (non-hydrogen) atoms. The van der Waals surface area contributed by atoms with Gasteiger partial charge in [0.2, 0.25) is 0 Å². The van der Waals surface area contributed by atoms with Gasteiger partial charge in [-0.1, -0.05) is 37.1 Å². The minimum atomic E-state index is -0.241. The Balaban J connectivity index is 2.25. The van der Waals surface area contributed by atoms with E-state index in [1.54, 1.807) is 0 Å². The van der Waals surface area contributed by atoms with E-state index in [2.05, 4.69) is 12.2 Å². The molecule has 0 saturated heterocycles. The summed E-state index contributed by atoms with van der Waals surface area (Å²) >= 11 is 5.86. The van der Waals surface area contributed by atoms with Gasteiger partial charge in [-0.05, 0) is 24.1 Å². The largest absolute Gasteiger partial charge is 0.392 e. The first-order valence-electron chi connectivity index (χ1n) is 5.35. The Bertz CT molecular complexity index is 291. The van der Waals surface area contributed by atoms with Crippen molar-refractivity contribution in [3.05, 3.63) is 34.9 Å². The van der Waals surface area contributed by atoms with E-state index in [9.17, 15) is 5.11 Å². The van der Waals surface area contributed by atoms with E-state index < -0.39 is 0 Å². The van der Waals surface area contributed by atoms with Crippen LogP contribution in [0, 0.1) is 0 Å². The molecule has 0 aliphatic carbocycles. The van der Waals surface area contributed by atoms with Crippen LogP contribution in [-0.2, 0) is 6.54 Å². The average molecular weight is 228 g/mol. The van der Waals surface area contributed by atoms with Crippen molar-refractivity contribution in [3.8, 4) is 0 Å². The fourth-order valence-electron chi connectivity index (χ4n) is 1.47. The van der Waals surface area contributed by atoms with Crippen molar-refractivity contribution in [2.75, 3.05) is 6.54 Å². The van der Waals surface area contributed by atoms with Crippen LogP contribution >= 0.6 is 11.6 Å². The highest BCUT2D eigenvalue weighted by molar-refractivity contribution is 6.30. The first-order valence-corrected chi connectivity index (χ1v) is 5.73. The molecule has 0 aromatic heterocycles. The van der Waals surface area contributed by atoms with E-state index in [-0.39, 0.29) is 6.10 Å². The van der Waals surface area contributed by atoms with E-state index in [1.165, 1.54) is 0 Å². The molecule has 0 amide bonds. The predicted octanol–water partition coefficient (Wildman–Crippen LogP) is 2.59. The standard InChI is InChI=1S/C12H18ClNO/c1-2-4-12(15)9-14-8-10-5-3-6-11(13)7-10/h3,5-7,12,14-15H,2,4,8-9H2,1H3/t12-/m1/s1. The van der Waals surface area contributed by atoms with Crippen molar-refractivity contribution < 1.29 is 5.11 Å². The smallest absolute Gasteiger partial charge is 0.0664 e. The zero-order valence-corrected chi connectivity index (χ0v) is 9.80. The molecule has 0 bridgehead atoms. The number of nitrogens with one attached hydrogen (secondary N) is 1. The minimum Gasteiger partial charge on any atom is -0.392 e. The Morgan fingerprint density at radius 1 is 1.47 bits per heavy atom. The fourth-order valence-corrected chi connectivity index (χ4v) is 1.68. The molecule has 0 radical (unpaired) electrons. The van der Waals surface area contributed by atoms with E-state index in [4.69, 9.17) is 11.6 Å². The number of rotatable bonds is 6. The highest BCUT2D eigenvalue weighted by Gasteiger charge is 2.01. The minimum absolute atomic E-state index is 0.241. The molecule has 3 heteroatoms. The normalized spacial score (nSPS) is 12.7. The molecule has 84 valence electrons. The maximum atomic E-state index is 9.49. The van der Waals surface area contributed by atoms with Gasteiger partial charge in [-0.15, -0.1) is 0 Å². The summed E-state index contributed by atoms with van der Waals surface area (Å²) in [6.07, 6.45) is 1.62. The molecule has 0 saturated carbocycles. The van der Waals surface area contributed by atoms with Crippen molar-refractivity contribution >= 4 is 11.6 Å². The molecular weight excluding hydrogens is 210 g/mol. The quantitative estimate of drug-likeness (QED) is 0.783. The van der Waals surface area contributed by atoms with Gasteiger partial charge in [-0.3, -0.25) is 0 Å². The van der Waals surface area contributed by atoms with E-state index in [0.717, 1.165) is 30.0 Å². The van der Waals surface area contributed by atoms with Crippen LogP contribution < -0.4 is 5.32 Å². The Hall–Kier alpha value is -0.570. The van der Waals surface area contributed by atoms with Gasteiger partial charge < -0.3 is 10.4 Å². The zero-order valence-electron chi connectivity index (χ0n) is 9.04. The summed E-state index contributed by atoms with van der Waals surface area (Å²) < 4.78 is 0. The van der Waals surface area contributed by atoms with Crippen LogP contribution in [0.3, 0.4) is 0 Å². The van der Waals surface area contributed by atoms with Gasteiger partial charge in [0.05, 0.1) is 6.10 Å². The average Bonchev–Trinajstić information content (AvgIpc) is 2.18. The molecule has 0 heterocycles. The van der Waals surface area contributed by atoms with Crippen molar-refractivity contribution in [2.45, 2.75) is 32.4 Å². The summed E-state index contributed by atoms with van der Waals surface area (Å²) in [5.74, 6) is 0. The van der Waals surface area contributed by atoms with Crippen molar-refractivity contribution in [1.82, 2.24) is 5.32 Å². The molecule has 0 fully saturated rings. The van der Waals surface area contributed by atoms with Crippen LogP contribution in [-0.4, -0.2) is 17.8 Å². The lowest BCUT2D eigenvalue weighted by molar-refractivity contribution is 0.160. The number of aliphatic hydroxyl groups is 1. The van der Waals surface area contributed by atoms with E-state index >= 15 is 0 Å². The predicted molar refractivity (Wildman–Crippen MR) is 64.1 cm³/mol. The molecule has 2 nitrogen and oxygen atoms in total. The number of aliphatic hydroxyl groups excluding tert-OH is 1. The lowest BCUT2D eigenvalue weighted by Crippen LogP contribution is -2.26. The summed E-state index contributed by atoms with van der Waals surface area (Å²) in [5, 5.41) is 13.5. The first kappa shape index (κ1) is 12.5. The SMILES string of the molecule is CCC[C@@H](O)CNCc1cccc(Cl)c1. The third-order valence-electron chi connectivity index (χ3n) is 2.22. The second-order valence-corrected chi connectivity index (χ2v) is 4.14. The summed E-state index contributed by atoms with van der Waals surface area (Å²) in [6, 6.07) is 7.74. The van der Waals surface area contributed by atoms with Crippen LogP contribution in [0.5, 0.6) is 0 Å². The topological polar surface area (TPSA) is 32.3 Å². The van der Waals surface area contributed by atoms with Crippen LogP contribution in [0.1, 0.15) is 25.3 Å². The lowest BCUT2D eigenvalue weighted by atomic mass is 10.2. The Labute approximate surface area is 96.3 Å². The summed E-state index contributed by atoms with van der Waals surface area (Å²) in [7, 11) is 0. The number of halogens is 1. The van der Waals surface area contributed by atoms with Crippen LogP contribution in [0.4, 0.5) is 0 Å². The molecule has 0 aliphatic rings. The molecule has 1 aromatic rings. The van der Waals surface area contributed by atoms with E-state index in [0.29, 0.717) is 6.54 Å². The summed E-state index contributed by atoms with van der Waals surface area (Å²) in [5.41, 5.74) is 1.14.